The summed E-state index contributed by atoms with van der Waals surface area (Å²) in [5, 5.41) is 14.1. The van der Waals surface area contributed by atoms with Crippen LogP contribution in [0.15, 0.2) is 53.3 Å². The highest BCUT2D eigenvalue weighted by Gasteiger charge is 2.39. The van der Waals surface area contributed by atoms with Crippen LogP contribution in [-0.4, -0.2) is 31.2 Å². The second-order valence-corrected chi connectivity index (χ2v) is 9.56. The van der Waals surface area contributed by atoms with Gasteiger partial charge in [0.15, 0.2) is 5.82 Å². The van der Waals surface area contributed by atoms with Crippen LogP contribution in [0.1, 0.15) is 67.2 Å². The molecule has 3 heterocycles. The summed E-state index contributed by atoms with van der Waals surface area (Å²) in [6.45, 7) is 4.29. The molecule has 1 aliphatic heterocycles. The Bertz CT molecular complexity index is 1380. The fraction of sp³-hybridized carbons (Fsp3) is 0.385. The number of nitrogens with one attached hydrogen (secondary N) is 1. The van der Waals surface area contributed by atoms with Gasteiger partial charge in [0.1, 0.15) is 6.04 Å². The molecule has 1 saturated carbocycles. The van der Waals surface area contributed by atoms with E-state index in [9.17, 15) is 4.79 Å². The number of aromatic nitrogens is 5. The van der Waals surface area contributed by atoms with E-state index in [1.165, 1.54) is 18.4 Å². The summed E-state index contributed by atoms with van der Waals surface area (Å²) < 4.78 is 1.99. The molecule has 2 aromatic carbocycles. The monoisotopic (exact) mass is 440 g/mol. The van der Waals surface area contributed by atoms with Crippen molar-refractivity contribution in [3.63, 3.8) is 0 Å². The first-order valence-electron chi connectivity index (χ1n) is 11.9. The van der Waals surface area contributed by atoms with E-state index in [4.69, 9.17) is 0 Å². The predicted octanol–water partition coefficient (Wildman–Crippen LogP) is 4.48. The van der Waals surface area contributed by atoms with Gasteiger partial charge in [-0.25, -0.2) is 4.68 Å². The molecule has 2 aliphatic rings. The molecule has 1 fully saturated rings. The van der Waals surface area contributed by atoms with E-state index in [0.717, 1.165) is 47.2 Å². The number of hydrogen-bond acceptors (Lipinski definition) is 5. The Morgan fingerprint density at radius 3 is 2.76 bits per heavy atom. The Morgan fingerprint density at radius 2 is 1.91 bits per heavy atom. The summed E-state index contributed by atoms with van der Waals surface area (Å²) >= 11 is 0. The molecule has 0 saturated heterocycles. The van der Waals surface area contributed by atoms with Crippen molar-refractivity contribution in [3.05, 3.63) is 81.4 Å². The van der Waals surface area contributed by atoms with Crippen LogP contribution in [0.25, 0.3) is 10.9 Å². The van der Waals surface area contributed by atoms with Crippen LogP contribution in [0.2, 0.25) is 0 Å². The average Bonchev–Trinajstić information content (AvgIpc) is 3.55. The molecule has 2 aromatic heterocycles. The van der Waals surface area contributed by atoms with Gasteiger partial charge in [0.2, 0.25) is 0 Å². The third-order valence-electron chi connectivity index (χ3n) is 7.29. The molecule has 4 aromatic rings. The molecule has 6 rings (SSSR count). The lowest BCUT2D eigenvalue weighted by Crippen LogP contribution is -2.39. The quantitative estimate of drug-likeness (QED) is 0.506. The van der Waals surface area contributed by atoms with Crippen LogP contribution in [0.3, 0.4) is 0 Å². The van der Waals surface area contributed by atoms with Crippen molar-refractivity contribution < 1.29 is 0 Å². The topological polar surface area (TPSA) is 79.7 Å². The van der Waals surface area contributed by atoms with Gasteiger partial charge in [-0.05, 0) is 78.8 Å². The van der Waals surface area contributed by atoms with E-state index in [0.29, 0.717) is 5.56 Å². The van der Waals surface area contributed by atoms with Gasteiger partial charge in [-0.2, -0.15) is 0 Å². The highest BCUT2D eigenvalue weighted by molar-refractivity contribution is 5.80. The standard InChI is InChI=1S/C26H28N6O/c1-16-11-12-22-19(13-16)15-21(26(33)27-22)24(25-28-29-30-32(25)20-8-4-5-9-20)31-17(2)14-18-7-3-6-10-23(18)31/h3,6-7,10-13,15,17,20,24H,4-5,8-9,14H2,1-2H3,(H,27,33)/t17-,24-/m0/s1. The second-order valence-electron chi connectivity index (χ2n) is 9.56. The molecular weight excluding hydrogens is 412 g/mol. The van der Waals surface area contributed by atoms with Gasteiger partial charge < -0.3 is 9.88 Å². The number of nitrogens with zero attached hydrogens (tertiary/aromatic N) is 5. The first-order chi connectivity index (χ1) is 16.1. The smallest absolute Gasteiger partial charge is 0.254 e. The number of fused-ring (bicyclic) bond motifs is 2. The number of rotatable bonds is 4. The van der Waals surface area contributed by atoms with Crippen LogP contribution >= 0.6 is 0 Å². The minimum Gasteiger partial charge on any atom is -0.354 e. The summed E-state index contributed by atoms with van der Waals surface area (Å²) in [5.41, 5.74) is 5.05. The molecule has 0 spiro atoms. The molecule has 168 valence electrons. The summed E-state index contributed by atoms with van der Waals surface area (Å²) in [7, 11) is 0. The Hall–Kier alpha value is -3.48. The number of para-hydroxylation sites is 1. The van der Waals surface area contributed by atoms with Crippen LogP contribution in [0, 0.1) is 6.92 Å². The lowest BCUT2D eigenvalue weighted by atomic mass is 10.0. The van der Waals surface area contributed by atoms with Crippen LogP contribution in [0.4, 0.5) is 5.69 Å². The van der Waals surface area contributed by atoms with E-state index < -0.39 is 0 Å². The third-order valence-corrected chi connectivity index (χ3v) is 7.29. The molecule has 0 bridgehead atoms. The molecular formula is C26H28N6O. The number of aryl methyl sites for hydroxylation is 1. The molecule has 2 atom stereocenters. The lowest BCUT2D eigenvalue weighted by Gasteiger charge is -2.34. The Kier molecular flexibility index (Phi) is 4.78. The van der Waals surface area contributed by atoms with Crippen LogP contribution in [-0.2, 0) is 6.42 Å². The van der Waals surface area contributed by atoms with Gasteiger partial charge in [-0.3, -0.25) is 4.79 Å². The number of pyridine rings is 1. The fourth-order valence-corrected chi connectivity index (χ4v) is 5.73. The number of aromatic amines is 1. The van der Waals surface area contributed by atoms with Gasteiger partial charge in [0.25, 0.3) is 5.56 Å². The lowest BCUT2D eigenvalue weighted by molar-refractivity contribution is 0.423. The van der Waals surface area contributed by atoms with E-state index in [1.807, 2.05) is 22.9 Å². The van der Waals surface area contributed by atoms with Crippen molar-refractivity contribution in [2.45, 2.75) is 64.1 Å². The summed E-state index contributed by atoms with van der Waals surface area (Å²) in [5.74, 6) is 0.753. The molecule has 33 heavy (non-hydrogen) atoms. The average molecular weight is 441 g/mol. The van der Waals surface area contributed by atoms with Crippen LogP contribution < -0.4 is 10.5 Å². The van der Waals surface area contributed by atoms with E-state index in [1.54, 1.807) is 0 Å². The first kappa shape index (κ1) is 20.1. The van der Waals surface area contributed by atoms with Crippen molar-refractivity contribution in [2.24, 2.45) is 0 Å². The maximum atomic E-state index is 13.5. The molecule has 1 N–H and O–H groups in total. The van der Waals surface area contributed by atoms with Gasteiger partial charge in [0.05, 0.1) is 6.04 Å². The molecule has 0 radical (unpaired) electrons. The Balaban J connectivity index is 1.59. The van der Waals surface area contributed by atoms with Crippen molar-refractivity contribution in [2.75, 3.05) is 4.90 Å². The largest absolute Gasteiger partial charge is 0.354 e. The maximum absolute atomic E-state index is 13.5. The molecule has 7 heteroatoms. The highest BCUT2D eigenvalue weighted by atomic mass is 16.1. The highest BCUT2D eigenvalue weighted by Crippen LogP contribution is 2.42. The van der Waals surface area contributed by atoms with Crippen molar-refractivity contribution in [3.8, 4) is 0 Å². The maximum Gasteiger partial charge on any atom is 0.254 e. The molecule has 0 amide bonds. The summed E-state index contributed by atoms with van der Waals surface area (Å²) in [4.78, 5) is 19.0. The minimum atomic E-state index is -0.368. The SMILES string of the molecule is Cc1ccc2[nH]c(=O)c([C@@H](c3nnnn3C3CCCC3)N3c4ccccc4C[C@@H]3C)cc2c1. The summed E-state index contributed by atoms with van der Waals surface area (Å²) in [6, 6.07) is 16.8. The fourth-order valence-electron chi connectivity index (χ4n) is 5.73. The minimum absolute atomic E-state index is 0.0890. The summed E-state index contributed by atoms with van der Waals surface area (Å²) in [6.07, 6.45) is 5.46. The zero-order chi connectivity index (χ0) is 22.5. The van der Waals surface area contributed by atoms with E-state index >= 15 is 0 Å². The van der Waals surface area contributed by atoms with Crippen LogP contribution in [0.5, 0.6) is 0 Å². The number of anilines is 1. The normalized spacial score (nSPS) is 19.3. The number of benzene rings is 2. The van der Waals surface area contributed by atoms with E-state index in [-0.39, 0.29) is 23.7 Å². The molecule has 0 unspecified atom stereocenters. The van der Waals surface area contributed by atoms with Gasteiger partial charge in [-0.15, -0.1) is 5.10 Å². The number of tetrazole rings is 1. The van der Waals surface area contributed by atoms with Gasteiger partial charge in [0, 0.05) is 22.8 Å². The molecule has 7 nitrogen and oxygen atoms in total. The zero-order valence-corrected chi connectivity index (χ0v) is 19.0. The molecule has 1 aliphatic carbocycles. The van der Waals surface area contributed by atoms with Crippen molar-refractivity contribution in [1.29, 1.82) is 0 Å². The third kappa shape index (κ3) is 3.34. The van der Waals surface area contributed by atoms with E-state index in [2.05, 4.69) is 69.6 Å². The predicted molar refractivity (Wildman–Crippen MR) is 129 cm³/mol. The first-order valence-corrected chi connectivity index (χ1v) is 11.9. The number of H-pyrrole nitrogens is 1. The van der Waals surface area contributed by atoms with Gasteiger partial charge >= 0.3 is 0 Å². The van der Waals surface area contributed by atoms with Gasteiger partial charge in [-0.1, -0.05) is 42.7 Å². The zero-order valence-electron chi connectivity index (χ0n) is 19.0. The second kappa shape index (κ2) is 7.83. The Labute approximate surface area is 192 Å². The van der Waals surface area contributed by atoms with Crippen molar-refractivity contribution in [1.82, 2.24) is 25.2 Å². The Morgan fingerprint density at radius 1 is 1.09 bits per heavy atom. The number of hydrogen-bond donors (Lipinski definition) is 1. The van der Waals surface area contributed by atoms with Crippen molar-refractivity contribution >= 4 is 16.6 Å².